The Morgan fingerprint density at radius 1 is 0.865 bits per heavy atom. The maximum Gasteiger partial charge on any atom is 0.166 e. The SMILES string of the molecule is COc1ccc(-c2cc(N3CCCC3)nc3c(-c4ccc(Cl)cc4)c(-c4ccc(C#N)cc4)nn23)cc1. The first-order valence-electron chi connectivity index (χ1n) is 12.2. The molecule has 0 unspecified atom stereocenters. The van der Waals surface area contributed by atoms with Gasteiger partial charge in [-0.3, -0.25) is 0 Å². The van der Waals surface area contributed by atoms with Crippen LogP contribution in [0.3, 0.4) is 0 Å². The summed E-state index contributed by atoms with van der Waals surface area (Å²) in [5, 5.41) is 15.1. The van der Waals surface area contributed by atoms with Gasteiger partial charge in [-0.2, -0.15) is 10.4 Å². The Kier molecular flexibility index (Phi) is 5.99. The summed E-state index contributed by atoms with van der Waals surface area (Å²) in [6, 6.07) is 27.6. The monoisotopic (exact) mass is 505 g/mol. The van der Waals surface area contributed by atoms with Gasteiger partial charge in [-0.1, -0.05) is 35.9 Å². The summed E-state index contributed by atoms with van der Waals surface area (Å²) in [6.45, 7) is 1.97. The summed E-state index contributed by atoms with van der Waals surface area (Å²) < 4.78 is 7.32. The van der Waals surface area contributed by atoms with Crippen LogP contribution in [0.4, 0.5) is 5.82 Å². The van der Waals surface area contributed by atoms with Gasteiger partial charge in [0.1, 0.15) is 17.3 Å². The van der Waals surface area contributed by atoms with Crippen LogP contribution >= 0.6 is 11.6 Å². The first-order chi connectivity index (χ1) is 18.1. The van der Waals surface area contributed by atoms with E-state index in [4.69, 9.17) is 26.4 Å². The molecule has 0 N–H and O–H groups in total. The summed E-state index contributed by atoms with van der Waals surface area (Å²) in [7, 11) is 1.67. The van der Waals surface area contributed by atoms with E-state index in [0.717, 1.165) is 76.8 Å². The van der Waals surface area contributed by atoms with E-state index >= 15 is 0 Å². The van der Waals surface area contributed by atoms with Crippen molar-refractivity contribution in [1.82, 2.24) is 14.6 Å². The smallest absolute Gasteiger partial charge is 0.166 e. The number of anilines is 1. The zero-order chi connectivity index (χ0) is 25.4. The Bertz CT molecular complexity index is 1610. The molecule has 1 aliphatic rings. The number of hydrogen-bond acceptors (Lipinski definition) is 5. The molecule has 0 radical (unpaired) electrons. The number of methoxy groups -OCH3 is 1. The van der Waals surface area contributed by atoms with Crippen LogP contribution in [0.25, 0.3) is 39.3 Å². The van der Waals surface area contributed by atoms with Gasteiger partial charge in [0, 0.05) is 35.3 Å². The van der Waals surface area contributed by atoms with Crippen molar-refractivity contribution in [3.63, 3.8) is 0 Å². The number of halogens is 1. The van der Waals surface area contributed by atoms with E-state index in [1.54, 1.807) is 7.11 Å². The average molecular weight is 506 g/mol. The van der Waals surface area contributed by atoms with E-state index in [2.05, 4.69) is 17.0 Å². The highest BCUT2D eigenvalue weighted by Gasteiger charge is 2.23. The molecular formula is C30H24ClN5O. The number of ether oxygens (including phenoxy) is 1. The Balaban J connectivity index is 1.66. The zero-order valence-electron chi connectivity index (χ0n) is 20.4. The van der Waals surface area contributed by atoms with Gasteiger partial charge < -0.3 is 9.64 Å². The van der Waals surface area contributed by atoms with Crippen LogP contribution in [0.2, 0.25) is 5.02 Å². The van der Waals surface area contributed by atoms with E-state index in [-0.39, 0.29) is 0 Å². The summed E-state index contributed by atoms with van der Waals surface area (Å²) in [4.78, 5) is 7.51. The summed E-state index contributed by atoms with van der Waals surface area (Å²) in [5.41, 5.74) is 6.97. The molecule has 6 rings (SSSR count). The van der Waals surface area contributed by atoms with E-state index < -0.39 is 0 Å². The molecule has 1 saturated heterocycles. The summed E-state index contributed by atoms with van der Waals surface area (Å²) in [6.07, 6.45) is 2.31. The molecule has 3 heterocycles. The molecule has 182 valence electrons. The molecule has 0 spiro atoms. The Morgan fingerprint density at radius 2 is 1.51 bits per heavy atom. The molecule has 2 aromatic heterocycles. The first kappa shape index (κ1) is 23.1. The molecule has 1 aliphatic heterocycles. The standard InChI is InChI=1S/C30H24ClN5O/c1-37-25-14-10-21(11-15-25)26-18-27(35-16-2-3-17-35)33-30-28(22-8-12-24(31)13-9-22)29(34-36(26)30)23-6-4-20(19-32)5-7-23/h4-15,18H,2-3,16-17H2,1H3. The van der Waals surface area contributed by atoms with Gasteiger partial charge in [-0.15, -0.1) is 0 Å². The van der Waals surface area contributed by atoms with Gasteiger partial charge in [-0.25, -0.2) is 9.50 Å². The maximum atomic E-state index is 9.30. The first-order valence-corrected chi connectivity index (χ1v) is 12.6. The van der Waals surface area contributed by atoms with Gasteiger partial charge in [0.15, 0.2) is 5.65 Å². The Morgan fingerprint density at radius 3 is 2.16 bits per heavy atom. The third-order valence-electron chi connectivity index (χ3n) is 6.81. The van der Waals surface area contributed by atoms with E-state index in [0.29, 0.717) is 10.6 Å². The van der Waals surface area contributed by atoms with Crippen LogP contribution in [-0.4, -0.2) is 34.8 Å². The quantitative estimate of drug-likeness (QED) is 0.261. The highest BCUT2D eigenvalue weighted by molar-refractivity contribution is 6.30. The number of fused-ring (bicyclic) bond motifs is 1. The minimum atomic E-state index is 0.605. The van der Waals surface area contributed by atoms with E-state index in [1.165, 1.54) is 0 Å². The number of rotatable bonds is 5. The van der Waals surface area contributed by atoms with Gasteiger partial charge in [0.05, 0.1) is 30.0 Å². The zero-order valence-corrected chi connectivity index (χ0v) is 21.1. The number of hydrogen-bond donors (Lipinski definition) is 0. The van der Waals surface area contributed by atoms with Gasteiger partial charge in [0.2, 0.25) is 0 Å². The van der Waals surface area contributed by atoms with Crippen molar-refractivity contribution in [2.45, 2.75) is 12.8 Å². The van der Waals surface area contributed by atoms with Crippen molar-refractivity contribution in [3.05, 3.63) is 89.4 Å². The molecule has 37 heavy (non-hydrogen) atoms. The average Bonchev–Trinajstić information content (AvgIpc) is 3.62. The molecule has 0 amide bonds. The van der Waals surface area contributed by atoms with Gasteiger partial charge in [0.25, 0.3) is 0 Å². The number of nitrogens with zero attached hydrogens (tertiary/aromatic N) is 5. The molecule has 6 nitrogen and oxygen atoms in total. The van der Waals surface area contributed by atoms with Gasteiger partial charge >= 0.3 is 0 Å². The van der Waals surface area contributed by atoms with Crippen LogP contribution in [-0.2, 0) is 0 Å². The fourth-order valence-electron chi connectivity index (χ4n) is 4.87. The molecule has 5 aromatic rings. The van der Waals surface area contributed by atoms with Crippen LogP contribution in [0.15, 0.2) is 78.9 Å². The topological polar surface area (TPSA) is 66.5 Å². The van der Waals surface area contributed by atoms with Crippen molar-refractivity contribution in [2.24, 2.45) is 0 Å². The number of nitriles is 1. The van der Waals surface area contributed by atoms with Crippen molar-refractivity contribution in [1.29, 1.82) is 5.26 Å². The van der Waals surface area contributed by atoms with Crippen molar-refractivity contribution >= 4 is 23.1 Å². The van der Waals surface area contributed by atoms with Crippen LogP contribution in [0.1, 0.15) is 18.4 Å². The molecule has 0 aliphatic carbocycles. The Labute approximate surface area is 220 Å². The van der Waals surface area contributed by atoms with Crippen LogP contribution in [0, 0.1) is 11.3 Å². The molecule has 1 fully saturated rings. The minimum absolute atomic E-state index is 0.605. The second kappa shape index (κ2) is 9.61. The molecular weight excluding hydrogens is 482 g/mol. The summed E-state index contributed by atoms with van der Waals surface area (Å²) in [5.74, 6) is 1.74. The third-order valence-corrected chi connectivity index (χ3v) is 7.06. The minimum Gasteiger partial charge on any atom is -0.497 e. The lowest BCUT2D eigenvalue weighted by Gasteiger charge is -2.18. The molecule has 0 saturated carbocycles. The van der Waals surface area contributed by atoms with E-state index in [9.17, 15) is 5.26 Å². The second-order valence-corrected chi connectivity index (χ2v) is 9.51. The van der Waals surface area contributed by atoms with Crippen molar-refractivity contribution in [3.8, 4) is 45.5 Å². The predicted octanol–water partition coefficient (Wildman–Crippen LogP) is 6.86. The highest BCUT2D eigenvalue weighted by atomic mass is 35.5. The fraction of sp³-hybridized carbons (Fsp3) is 0.167. The lowest BCUT2D eigenvalue weighted by Crippen LogP contribution is -2.19. The van der Waals surface area contributed by atoms with E-state index in [1.807, 2.05) is 77.3 Å². The lowest BCUT2D eigenvalue weighted by molar-refractivity contribution is 0.415. The highest BCUT2D eigenvalue weighted by Crippen LogP contribution is 2.38. The normalized spacial score (nSPS) is 13.2. The molecule has 7 heteroatoms. The summed E-state index contributed by atoms with van der Waals surface area (Å²) >= 11 is 6.24. The molecule has 0 atom stereocenters. The number of benzene rings is 3. The largest absolute Gasteiger partial charge is 0.497 e. The van der Waals surface area contributed by atoms with Gasteiger partial charge in [-0.05, 0) is 66.9 Å². The third kappa shape index (κ3) is 4.28. The second-order valence-electron chi connectivity index (χ2n) is 9.08. The maximum absolute atomic E-state index is 9.30. The van der Waals surface area contributed by atoms with Crippen LogP contribution in [0.5, 0.6) is 5.75 Å². The van der Waals surface area contributed by atoms with Crippen molar-refractivity contribution < 1.29 is 4.74 Å². The lowest BCUT2D eigenvalue weighted by atomic mass is 10.0. The number of aromatic nitrogens is 3. The predicted molar refractivity (Wildman–Crippen MR) is 147 cm³/mol. The van der Waals surface area contributed by atoms with Crippen molar-refractivity contribution in [2.75, 3.05) is 25.1 Å². The molecule has 3 aromatic carbocycles. The molecule has 0 bridgehead atoms. The van der Waals surface area contributed by atoms with Crippen LogP contribution < -0.4 is 9.64 Å². The Hall–Kier alpha value is -4.34. The fourth-order valence-corrected chi connectivity index (χ4v) is 4.99.